The van der Waals surface area contributed by atoms with Gasteiger partial charge in [-0.1, -0.05) is 6.07 Å². The van der Waals surface area contributed by atoms with Crippen LogP contribution in [0.2, 0.25) is 0 Å². The monoisotopic (exact) mass is 426 g/mol. The van der Waals surface area contributed by atoms with Crippen LogP contribution in [0, 0.1) is 0 Å². The van der Waals surface area contributed by atoms with Gasteiger partial charge in [-0.3, -0.25) is 14.5 Å². The van der Waals surface area contributed by atoms with Gasteiger partial charge in [0.05, 0.1) is 6.04 Å². The summed E-state index contributed by atoms with van der Waals surface area (Å²) in [5, 5.41) is 4.66. The van der Waals surface area contributed by atoms with E-state index < -0.39 is 10.0 Å². The second-order valence-corrected chi connectivity index (χ2v) is 10.6. The Morgan fingerprint density at radius 2 is 2.11 bits per heavy atom. The second-order valence-electron chi connectivity index (χ2n) is 7.72. The number of nitrogens with one attached hydrogen (secondary N) is 2. The van der Waals surface area contributed by atoms with E-state index in [1.165, 1.54) is 11.3 Å². The smallest absolute Gasteiger partial charge is 0.250 e. The number of amides is 2. The molecule has 2 amide bonds. The Balaban J connectivity index is 1.38. The molecule has 3 fully saturated rings. The number of nitrogens with zero attached hydrogens (tertiary/aromatic N) is 2. The normalized spacial score (nSPS) is 28.4. The minimum Gasteiger partial charge on any atom is -0.353 e. The van der Waals surface area contributed by atoms with E-state index in [0.29, 0.717) is 32.4 Å². The zero-order valence-electron chi connectivity index (χ0n) is 15.7. The van der Waals surface area contributed by atoms with Crippen molar-refractivity contribution in [2.45, 2.75) is 54.4 Å². The van der Waals surface area contributed by atoms with Crippen LogP contribution in [-0.2, 0) is 19.6 Å². The molecule has 4 rings (SSSR count). The Labute approximate surface area is 169 Å². The van der Waals surface area contributed by atoms with Gasteiger partial charge >= 0.3 is 0 Å². The van der Waals surface area contributed by atoms with Crippen molar-refractivity contribution in [3.8, 4) is 0 Å². The Hall–Kier alpha value is -1.49. The van der Waals surface area contributed by atoms with Crippen molar-refractivity contribution in [1.29, 1.82) is 0 Å². The molecule has 3 saturated heterocycles. The van der Waals surface area contributed by atoms with Crippen LogP contribution >= 0.6 is 11.3 Å². The molecule has 3 unspecified atom stereocenters. The molecule has 28 heavy (non-hydrogen) atoms. The van der Waals surface area contributed by atoms with Crippen molar-refractivity contribution in [1.82, 2.24) is 19.8 Å². The number of piperazine rings is 1. The Morgan fingerprint density at radius 3 is 2.82 bits per heavy atom. The minimum absolute atomic E-state index is 0.0556. The van der Waals surface area contributed by atoms with Crippen LogP contribution in [-0.4, -0.2) is 74.3 Å². The highest BCUT2D eigenvalue weighted by Gasteiger charge is 2.44. The van der Waals surface area contributed by atoms with E-state index in [1.54, 1.807) is 17.5 Å². The van der Waals surface area contributed by atoms with Crippen LogP contribution in [0.25, 0.3) is 0 Å². The number of carbonyl (C=O) groups is 2. The summed E-state index contributed by atoms with van der Waals surface area (Å²) in [6.07, 6.45) is 3.75. The standard InChI is InChI=1S/C18H26N4O4S2/c23-16(21-7-1-2-8-21)6-5-14-11-19-18(24)15-10-13(12-22(14)15)20-28(25,26)17-4-3-9-27-17/h3-4,9,13-15,20H,1-2,5-8,10-12H2,(H,19,24). The molecule has 0 spiro atoms. The van der Waals surface area contributed by atoms with Gasteiger partial charge in [0.15, 0.2) is 0 Å². The third-order valence-corrected chi connectivity index (χ3v) is 8.77. The molecule has 0 saturated carbocycles. The third-order valence-electron chi connectivity index (χ3n) is 5.85. The number of hydrogen-bond acceptors (Lipinski definition) is 6. The van der Waals surface area contributed by atoms with Crippen LogP contribution in [0.1, 0.15) is 32.1 Å². The maximum Gasteiger partial charge on any atom is 0.250 e. The molecular formula is C18H26N4O4S2. The first kappa shape index (κ1) is 19.8. The summed E-state index contributed by atoms with van der Waals surface area (Å²) >= 11 is 1.18. The van der Waals surface area contributed by atoms with E-state index in [9.17, 15) is 18.0 Å². The molecule has 1 aromatic rings. The number of fused-ring (bicyclic) bond motifs is 1. The topological polar surface area (TPSA) is 98.8 Å². The lowest BCUT2D eigenvalue weighted by Gasteiger charge is -2.37. The quantitative estimate of drug-likeness (QED) is 0.685. The van der Waals surface area contributed by atoms with E-state index in [4.69, 9.17) is 0 Å². The van der Waals surface area contributed by atoms with Gasteiger partial charge < -0.3 is 10.2 Å². The summed E-state index contributed by atoms with van der Waals surface area (Å²) in [5.74, 6) is 0.125. The number of likely N-dealkylation sites (tertiary alicyclic amines) is 1. The van der Waals surface area contributed by atoms with Crippen LogP contribution in [0.3, 0.4) is 0 Å². The van der Waals surface area contributed by atoms with Gasteiger partial charge in [-0.15, -0.1) is 11.3 Å². The zero-order valence-corrected chi connectivity index (χ0v) is 17.3. The fraction of sp³-hybridized carbons (Fsp3) is 0.667. The summed E-state index contributed by atoms with van der Waals surface area (Å²) in [7, 11) is -3.57. The fourth-order valence-electron chi connectivity index (χ4n) is 4.44. The average molecular weight is 427 g/mol. The number of rotatable bonds is 6. The lowest BCUT2D eigenvalue weighted by molar-refractivity contribution is -0.131. The van der Waals surface area contributed by atoms with Crippen molar-refractivity contribution in [2.24, 2.45) is 0 Å². The number of hydrogen-bond donors (Lipinski definition) is 2. The second kappa shape index (κ2) is 8.10. The largest absolute Gasteiger partial charge is 0.353 e. The van der Waals surface area contributed by atoms with Gasteiger partial charge in [0, 0.05) is 44.7 Å². The predicted octanol–water partition coefficient (Wildman–Crippen LogP) is 0.370. The summed E-state index contributed by atoms with van der Waals surface area (Å²) in [6, 6.07) is 2.70. The molecule has 0 radical (unpaired) electrons. The zero-order chi connectivity index (χ0) is 19.7. The molecule has 0 aromatic carbocycles. The van der Waals surface area contributed by atoms with Crippen molar-refractivity contribution in [3.63, 3.8) is 0 Å². The lowest BCUT2D eigenvalue weighted by atomic mass is 10.0. The predicted molar refractivity (Wildman–Crippen MR) is 105 cm³/mol. The molecule has 2 N–H and O–H groups in total. The molecule has 4 heterocycles. The fourth-order valence-corrected chi connectivity index (χ4v) is 6.69. The molecule has 154 valence electrons. The number of carbonyl (C=O) groups excluding carboxylic acids is 2. The van der Waals surface area contributed by atoms with Crippen molar-refractivity contribution >= 4 is 33.2 Å². The Bertz CT molecular complexity index is 821. The molecule has 8 nitrogen and oxygen atoms in total. The van der Waals surface area contributed by atoms with E-state index >= 15 is 0 Å². The van der Waals surface area contributed by atoms with Gasteiger partial charge in [0.25, 0.3) is 0 Å². The number of thiophene rings is 1. The van der Waals surface area contributed by atoms with Crippen LogP contribution in [0.4, 0.5) is 0 Å². The first-order valence-electron chi connectivity index (χ1n) is 9.81. The SMILES string of the molecule is O=C1NCC(CCC(=O)N2CCCC2)N2CC(NS(=O)(=O)c3cccs3)CC12. The van der Waals surface area contributed by atoms with Crippen LogP contribution in [0.15, 0.2) is 21.7 Å². The summed E-state index contributed by atoms with van der Waals surface area (Å²) < 4.78 is 28.1. The Kier molecular flexibility index (Phi) is 5.73. The maximum atomic E-state index is 12.5. The molecule has 0 bridgehead atoms. The summed E-state index contributed by atoms with van der Waals surface area (Å²) in [5.41, 5.74) is 0. The van der Waals surface area contributed by atoms with Crippen molar-refractivity contribution in [3.05, 3.63) is 17.5 Å². The first-order chi connectivity index (χ1) is 13.4. The van der Waals surface area contributed by atoms with Crippen molar-refractivity contribution in [2.75, 3.05) is 26.2 Å². The van der Waals surface area contributed by atoms with E-state index in [1.807, 2.05) is 4.90 Å². The minimum atomic E-state index is -3.57. The third kappa shape index (κ3) is 4.10. The molecular weight excluding hydrogens is 400 g/mol. The van der Waals surface area contributed by atoms with Gasteiger partial charge in [-0.05, 0) is 37.1 Å². The van der Waals surface area contributed by atoms with Crippen LogP contribution in [0.5, 0.6) is 0 Å². The van der Waals surface area contributed by atoms with E-state index in [0.717, 1.165) is 25.9 Å². The number of sulfonamides is 1. The molecule has 0 aliphatic carbocycles. The summed E-state index contributed by atoms with van der Waals surface area (Å²) in [4.78, 5) is 28.7. The first-order valence-corrected chi connectivity index (χ1v) is 12.2. The molecule has 1 aromatic heterocycles. The van der Waals surface area contributed by atoms with Gasteiger partial charge in [0.2, 0.25) is 21.8 Å². The highest BCUT2D eigenvalue weighted by atomic mass is 32.2. The average Bonchev–Trinajstić information content (AvgIpc) is 3.40. The van der Waals surface area contributed by atoms with Gasteiger partial charge in [0.1, 0.15) is 4.21 Å². The molecule has 10 heteroatoms. The van der Waals surface area contributed by atoms with Gasteiger partial charge in [-0.25, -0.2) is 13.1 Å². The van der Waals surface area contributed by atoms with Crippen LogP contribution < -0.4 is 10.0 Å². The molecule has 3 aliphatic heterocycles. The van der Waals surface area contributed by atoms with Gasteiger partial charge in [-0.2, -0.15) is 0 Å². The highest BCUT2D eigenvalue weighted by Crippen LogP contribution is 2.27. The lowest BCUT2D eigenvalue weighted by Crippen LogP contribution is -2.58. The highest BCUT2D eigenvalue weighted by molar-refractivity contribution is 7.91. The van der Waals surface area contributed by atoms with Crippen molar-refractivity contribution < 1.29 is 18.0 Å². The Morgan fingerprint density at radius 1 is 1.32 bits per heavy atom. The van der Waals surface area contributed by atoms with E-state index in [2.05, 4.69) is 14.9 Å². The molecule has 3 aliphatic rings. The molecule has 3 atom stereocenters. The summed E-state index contributed by atoms with van der Waals surface area (Å²) in [6.45, 7) is 2.69. The van der Waals surface area contributed by atoms with E-state index in [-0.39, 0.29) is 34.1 Å². The maximum absolute atomic E-state index is 12.5.